The molecule has 1 fully saturated rings. The van der Waals surface area contributed by atoms with Crippen molar-refractivity contribution in [3.05, 3.63) is 12.4 Å². The molecule has 0 spiro atoms. The first-order valence-corrected chi connectivity index (χ1v) is 8.16. The topological polar surface area (TPSA) is 50.1 Å². The maximum Gasteiger partial charge on any atom is 0.0625 e. The molecule has 1 aromatic rings. The Labute approximate surface area is 120 Å². The SMILES string of the molecule is CCNC1(CO)CCCC1CCSc1cnn(C)c1. The van der Waals surface area contributed by atoms with Crippen LogP contribution in [0.5, 0.6) is 0 Å². The van der Waals surface area contributed by atoms with E-state index in [0.717, 1.165) is 25.1 Å². The lowest BCUT2D eigenvalue weighted by atomic mass is 9.86. The molecular formula is C14H25N3OS. The van der Waals surface area contributed by atoms with Gasteiger partial charge in [-0.2, -0.15) is 5.10 Å². The predicted octanol–water partition coefficient (Wildman–Crippen LogP) is 2.04. The second-order valence-electron chi connectivity index (χ2n) is 5.42. The Morgan fingerprint density at radius 2 is 2.47 bits per heavy atom. The van der Waals surface area contributed by atoms with Crippen molar-refractivity contribution in [2.45, 2.75) is 43.0 Å². The van der Waals surface area contributed by atoms with Gasteiger partial charge < -0.3 is 10.4 Å². The van der Waals surface area contributed by atoms with Crippen molar-refractivity contribution in [1.29, 1.82) is 0 Å². The van der Waals surface area contributed by atoms with Gasteiger partial charge in [-0.1, -0.05) is 13.3 Å². The fourth-order valence-corrected chi connectivity index (χ4v) is 4.19. The molecular weight excluding hydrogens is 258 g/mol. The van der Waals surface area contributed by atoms with Crippen LogP contribution in [0.25, 0.3) is 0 Å². The molecule has 5 heteroatoms. The number of aliphatic hydroxyl groups is 1. The first-order valence-electron chi connectivity index (χ1n) is 7.17. The van der Waals surface area contributed by atoms with Crippen molar-refractivity contribution in [1.82, 2.24) is 15.1 Å². The monoisotopic (exact) mass is 283 g/mol. The summed E-state index contributed by atoms with van der Waals surface area (Å²) >= 11 is 1.86. The Morgan fingerprint density at radius 3 is 3.11 bits per heavy atom. The van der Waals surface area contributed by atoms with Crippen LogP contribution in [0.3, 0.4) is 0 Å². The van der Waals surface area contributed by atoms with Crippen molar-refractivity contribution in [2.24, 2.45) is 13.0 Å². The third-order valence-electron chi connectivity index (χ3n) is 4.18. The number of thioether (sulfide) groups is 1. The van der Waals surface area contributed by atoms with E-state index in [-0.39, 0.29) is 12.1 Å². The lowest BCUT2D eigenvalue weighted by Gasteiger charge is -2.34. The molecule has 1 aromatic heterocycles. The van der Waals surface area contributed by atoms with E-state index >= 15 is 0 Å². The molecule has 0 radical (unpaired) electrons. The quantitative estimate of drug-likeness (QED) is 0.752. The van der Waals surface area contributed by atoms with E-state index in [1.165, 1.54) is 17.7 Å². The molecule has 2 atom stereocenters. The van der Waals surface area contributed by atoms with Crippen molar-refractivity contribution in [3.8, 4) is 0 Å². The fraction of sp³-hybridized carbons (Fsp3) is 0.786. The summed E-state index contributed by atoms with van der Waals surface area (Å²) in [6, 6.07) is 0. The number of hydrogen-bond donors (Lipinski definition) is 2. The van der Waals surface area contributed by atoms with Gasteiger partial charge in [-0.15, -0.1) is 11.8 Å². The number of aliphatic hydroxyl groups excluding tert-OH is 1. The molecule has 1 saturated carbocycles. The Morgan fingerprint density at radius 1 is 1.63 bits per heavy atom. The summed E-state index contributed by atoms with van der Waals surface area (Å²) in [6.07, 6.45) is 8.72. The van der Waals surface area contributed by atoms with Gasteiger partial charge in [0.25, 0.3) is 0 Å². The van der Waals surface area contributed by atoms with E-state index in [9.17, 15) is 5.11 Å². The van der Waals surface area contributed by atoms with Gasteiger partial charge in [0.15, 0.2) is 0 Å². The van der Waals surface area contributed by atoms with Gasteiger partial charge in [0.05, 0.1) is 12.8 Å². The van der Waals surface area contributed by atoms with Crippen molar-refractivity contribution >= 4 is 11.8 Å². The second-order valence-corrected chi connectivity index (χ2v) is 6.59. The van der Waals surface area contributed by atoms with Crippen LogP contribution in [0.1, 0.15) is 32.6 Å². The highest BCUT2D eigenvalue weighted by Crippen LogP contribution is 2.38. The van der Waals surface area contributed by atoms with Gasteiger partial charge in [-0.25, -0.2) is 0 Å². The van der Waals surface area contributed by atoms with Gasteiger partial charge in [0.2, 0.25) is 0 Å². The molecule has 0 saturated heterocycles. The molecule has 4 nitrogen and oxygen atoms in total. The molecule has 19 heavy (non-hydrogen) atoms. The molecule has 108 valence electrons. The maximum atomic E-state index is 9.76. The van der Waals surface area contributed by atoms with Crippen molar-refractivity contribution in [2.75, 3.05) is 18.9 Å². The van der Waals surface area contributed by atoms with Crippen LogP contribution in [0, 0.1) is 5.92 Å². The Bertz CT molecular complexity index is 396. The van der Waals surface area contributed by atoms with Crippen LogP contribution in [-0.2, 0) is 7.05 Å². The number of aryl methyl sites for hydroxylation is 1. The minimum atomic E-state index is -0.0236. The van der Waals surface area contributed by atoms with Crippen LogP contribution in [0.2, 0.25) is 0 Å². The Kier molecular flexibility index (Phi) is 5.30. The van der Waals surface area contributed by atoms with Gasteiger partial charge in [-0.05, 0) is 37.5 Å². The maximum absolute atomic E-state index is 9.76. The minimum absolute atomic E-state index is 0.0236. The number of aromatic nitrogens is 2. The molecule has 0 aromatic carbocycles. The first-order chi connectivity index (χ1) is 9.20. The van der Waals surface area contributed by atoms with Crippen LogP contribution < -0.4 is 5.32 Å². The molecule has 0 amide bonds. The van der Waals surface area contributed by atoms with Gasteiger partial charge >= 0.3 is 0 Å². The highest BCUT2D eigenvalue weighted by atomic mass is 32.2. The highest BCUT2D eigenvalue weighted by Gasteiger charge is 2.41. The third kappa shape index (κ3) is 3.52. The van der Waals surface area contributed by atoms with E-state index in [4.69, 9.17) is 0 Å². The predicted molar refractivity (Wildman–Crippen MR) is 79.4 cm³/mol. The Balaban J connectivity index is 1.84. The lowest BCUT2D eigenvalue weighted by Crippen LogP contribution is -2.51. The Hall–Kier alpha value is -0.520. The average Bonchev–Trinajstić information content (AvgIpc) is 2.98. The fourth-order valence-electron chi connectivity index (χ4n) is 3.21. The summed E-state index contributed by atoms with van der Waals surface area (Å²) < 4.78 is 1.84. The van der Waals surface area contributed by atoms with E-state index < -0.39 is 0 Å². The van der Waals surface area contributed by atoms with Crippen LogP contribution in [-0.4, -0.2) is 39.3 Å². The molecule has 0 bridgehead atoms. The second kappa shape index (κ2) is 6.77. The molecule has 2 unspecified atom stereocenters. The summed E-state index contributed by atoms with van der Waals surface area (Å²) in [5, 5.41) is 17.5. The van der Waals surface area contributed by atoms with Crippen LogP contribution in [0.15, 0.2) is 17.3 Å². The summed E-state index contributed by atoms with van der Waals surface area (Å²) in [5.74, 6) is 1.70. The molecule has 2 N–H and O–H groups in total. The number of rotatable bonds is 7. The molecule has 1 aliphatic rings. The largest absolute Gasteiger partial charge is 0.394 e. The molecule has 1 aliphatic carbocycles. The zero-order valence-corrected chi connectivity index (χ0v) is 12.7. The summed E-state index contributed by atoms with van der Waals surface area (Å²) in [5.41, 5.74) is -0.0236. The number of nitrogens with zero attached hydrogens (tertiary/aromatic N) is 2. The van der Waals surface area contributed by atoms with Crippen LogP contribution in [0.4, 0.5) is 0 Å². The zero-order valence-electron chi connectivity index (χ0n) is 11.9. The van der Waals surface area contributed by atoms with Crippen molar-refractivity contribution < 1.29 is 5.11 Å². The summed E-state index contributed by atoms with van der Waals surface area (Å²) in [6.45, 7) is 3.33. The third-order valence-corrected chi connectivity index (χ3v) is 5.17. The molecule has 2 rings (SSSR count). The summed E-state index contributed by atoms with van der Waals surface area (Å²) in [7, 11) is 1.95. The first kappa shape index (κ1) is 14.9. The van der Waals surface area contributed by atoms with Gasteiger partial charge in [0, 0.05) is 23.7 Å². The van der Waals surface area contributed by atoms with Crippen LogP contribution >= 0.6 is 11.8 Å². The normalized spacial score (nSPS) is 27.0. The van der Waals surface area contributed by atoms with Gasteiger partial charge in [-0.3, -0.25) is 4.68 Å². The molecule has 1 heterocycles. The zero-order chi connectivity index (χ0) is 13.7. The van der Waals surface area contributed by atoms with Gasteiger partial charge in [0.1, 0.15) is 0 Å². The molecule has 0 aliphatic heterocycles. The van der Waals surface area contributed by atoms with Crippen molar-refractivity contribution in [3.63, 3.8) is 0 Å². The minimum Gasteiger partial charge on any atom is -0.394 e. The van der Waals surface area contributed by atoms with E-state index in [1.807, 2.05) is 29.7 Å². The smallest absolute Gasteiger partial charge is 0.0625 e. The standard InChI is InChI=1S/C14H25N3OS/c1-3-15-14(11-18)7-4-5-12(14)6-8-19-13-9-16-17(2)10-13/h9-10,12,15,18H,3-8,11H2,1-2H3. The van der Waals surface area contributed by atoms with E-state index in [1.54, 1.807) is 0 Å². The lowest BCUT2D eigenvalue weighted by molar-refractivity contribution is 0.124. The summed E-state index contributed by atoms with van der Waals surface area (Å²) in [4.78, 5) is 1.23. The number of nitrogens with one attached hydrogen (secondary N) is 1. The number of hydrogen-bond acceptors (Lipinski definition) is 4. The average molecular weight is 283 g/mol. The van der Waals surface area contributed by atoms with E-state index in [0.29, 0.717) is 5.92 Å². The number of likely N-dealkylation sites (N-methyl/N-ethyl adjacent to an activating group) is 1. The highest BCUT2D eigenvalue weighted by molar-refractivity contribution is 7.99. The van der Waals surface area contributed by atoms with E-state index in [2.05, 4.69) is 23.5 Å².